The van der Waals surface area contributed by atoms with Crippen molar-refractivity contribution in [3.05, 3.63) is 77.9 Å². The molecule has 3 aromatic rings. The van der Waals surface area contributed by atoms with Crippen molar-refractivity contribution in [2.75, 3.05) is 39.2 Å². The molecule has 0 aromatic heterocycles. The molecular weight excluding hydrogens is 468 g/mol. The fourth-order valence-corrected chi connectivity index (χ4v) is 4.90. The second kappa shape index (κ2) is 11.1. The number of anilines is 1. The molecule has 0 aliphatic rings. The van der Waals surface area contributed by atoms with Gasteiger partial charge < -0.3 is 19.1 Å². The lowest BCUT2D eigenvalue weighted by Gasteiger charge is -2.27. The SMILES string of the molecule is COc1ccc(N(CC(=O)N(C)Cc2ccc(OC)c(OC)c2)S(=O)(=O)c2ccc(C)cc2)cc1. The minimum atomic E-state index is -4.00. The first-order valence-electron chi connectivity index (χ1n) is 10.9. The summed E-state index contributed by atoms with van der Waals surface area (Å²) in [6.07, 6.45) is 0. The summed E-state index contributed by atoms with van der Waals surface area (Å²) in [5.74, 6) is 1.34. The van der Waals surface area contributed by atoms with E-state index in [1.54, 1.807) is 81.9 Å². The first kappa shape index (κ1) is 25.9. The molecule has 0 bridgehead atoms. The molecule has 0 saturated heterocycles. The molecule has 8 nitrogen and oxygen atoms in total. The summed E-state index contributed by atoms with van der Waals surface area (Å²) in [4.78, 5) is 14.8. The maximum atomic E-state index is 13.6. The number of hydrogen-bond acceptors (Lipinski definition) is 6. The van der Waals surface area contributed by atoms with Crippen LogP contribution in [0.25, 0.3) is 0 Å². The Hall–Kier alpha value is -3.72. The van der Waals surface area contributed by atoms with Crippen LogP contribution in [0.1, 0.15) is 11.1 Å². The Kier molecular flexibility index (Phi) is 8.24. The third-order valence-electron chi connectivity index (χ3n) is 5.54. The predicted molar refractivity (Wildman–Crippen MR) is 135 cm³/mol. The van der Waals surface area contributed by atoms with Crippen molar-refractivity contribution in [1.29, 1.82) is 0 Å². The number of rotatable bonds is 10. The average Bonchev–Trinajstić information content (AvgIpc) is 2.87. The summed E-state index contributed by atoms with van der Waals surface area (Å²) in [5, 5.41) is 0. The van der Waals surface area contributed by atoms with Crippen LogP contribution in [0, 0.1) is 6.92 Å². The molecule has 0 fully saturated rings. The average molecular weight is 499 g/mol. The van der Waals surface area contributed by atoms with Gasteiger partial charge in [-0.25, -0.2) is 8.42 Å². The van der Waals surface area contributed by atoms with Gasteiger partial charge in [0.15, 0.2) is 11.5 Å². The Morgan fingerprint density at radius 1 is 0.829 bits per heavy atom. The molecule has 9 heteroatoms. The molecule has 0 aliphatic carbocycles. The van der Waals surface area contributed by atoms with Crippen LogP contribution in [0.5, 0.6) is 17.2 Å². The van der Waals surface area contributed by atoms with Gasteiger partial charge in [0.05, 0.1) is 31.9 Å². The van der Waals surface area contributed by atoms with Crippen LogP contribution in [-0.4, -0.2) is 54.1 Å². The number of benzene rings is 3. The highest BCUT2D eigenvalue weighted by Crippen LogP contribution is 2.29. The van der Waals surface area contributed by atoms with E-state index in [0.29, 0.717) is 22.9 Å². The quantitative estimate of drug-likeness (QED) is 0.422. The van der Waals surface area contributed by atoms with Crippen molar-refractivity contribution < 1.29 is 27.4 Å². The lowest BCUT2D eigenvalue weighted by molar-refractivity contribution is -0.128. The van der Waals surface area contributed by atoms with Crippen LogP contribution in [-0.2, 0) is 21.4 Å². The highest BCUT2D eigenvalue weighted by Gasteiger charge is 2.28. The number of aryl methyl sites for hydroxylation is 1. The van der Waals surface area contributed by atoms with Gasteiger partial charge in [-0.1, -0.05) is 23.8 Å². The van der Waals surface area contributed by atoms with Gasteiger partial charge in [0.25, 0.3) is 10.0 Å². The monoisotopic (exact) mass is 498 g/mol. The maximum absolute atomic E-state index is 13.6. The van der Waals surface area contributed by atoms with Crippen molar-refractivity contribution in [2.24, 2.45) is 0 Å². The molecule has 0 N–H and O–H groups in total. The molecule has 0 saturated carbocycles. The van der Waals surface area contributed by atoms with E-state index in [-0.39, 0.29) is 23.9 Å². The van der Waals surface area contributed by atoms with Gasteiger partial charge >= 0.3 is 0 Å². The Morgan fingerprint density at radius 2 is 1.46 bits per heavy atom. The topological polar surface area (TPSA) is 85.4 Å². The Morgan fingerprint density at radius 3 is 2.03 bits per heavy atom. The van der Waals surface area contributed by atoms with Crippen molar-refractivity contribution in [2.45, 2.75) is 18.4 Å². The largest absolute Gasteiger partial charge is 0.497 e. The maximum Gasteiger partial charge on any atom is 0.264 e. The molecule has 1 amide bonds. The van der Waals surface area contributed by atoms with Gasteiger partial charge in [0.2, 0.25) is 5.91 Å². The minimum Gasteiger partial charge on any atom is -0.497 e. The summed E-state index contributed by atoms with van der Waals surface area (Å²) in [6, 6.07) is 18.5. The number of ether oxygens (including phenoxy) is 3. The van der Waals surface area contributed by atoms with E-state index in [4.69, 9.17) is 14.2 Å². The van der Waals surface area contributed by atoms with E-state index in [1.165, 1.54) is 12.0 Å². The van der Waals surface area contributed by atoms with Crippen LogP contribution in [0.15, 0.2) is 71.6 Å². The van der Waals surface area contributed by atoms with Crippen molar-refractivity contribution >= 4 is 21.6 Å². The molecule has 35 heavy (non-hydrogen) atoms. The molecule has 0 spiro atoms. The van der Waals surface area contributed by atoms with Crippen molar-refractivity contribution in [3.8, 4) is 17.2 Å². The van der Waals surface area contributed by atoms with Crippen molar-refractivity contribution in [1.82, 2.24) is 4.90 Å². The second-order valence-corrected chi connectivity index (χ2v) is 9.82. The predicted octanol–water partition coefficient (Wildman–Crippen LogP) is 3.87. The van der Waals surface area contributed by atoms with Gasteiger partial charge in [0, 0.05) is 13.6 Å². The molecular formula is C26H30N2O6S. The van der Waals surface area contributed by atoms with E-state index in [0.717, 1.165) is 15.4 Å². The molecule has 3 aromatic carbocycles. The fourth-order valence-electron chi connectivity index (χ4n) is 3.49. The number of sulfonamides is 1. The van der Waals surface area contributed by atoms with E-state index in [1.807, 2.05) is 13.0 Å². The molecule has 186 valence electrons. The van der Waals surface area contributed by atoms with E-state index >= 15 is 0 Å². The van der Waals surface area contributed by atoms with Gasteiger partial charge in [-0.05, 0) is 61.0 Å². The lowest BCUT2D eigenvalue weighted by Crippen LogP contribution is -2.41. The van der Waals surface area contributed by atoms with E-state index < -0.39 is 10.0 Å². The first-order valence-corrected chi connectivity index (χ1v) is 12.3. The summed E-state index contributed by atoms with van der Waals surface area (Å²) < 4.78 is 44.0. The zero-order valence-corrected chi connectivity index (χ0v) is 21.3. The third-order valence-corrected chi connectivity index (χ3v) is 7.33. The molecule has 3 rings (SSSR count). The van der Waals surface area contributed by atoms with Crippen molar-refractivity contribution in [3.63, 3.8) is 0 Å². The first-order chi connectivity index (χ1) is 16.7. The lowest BCUT2D eigenvalue weighted by atomic mass is 10.2. The van der Waals surface area contributed by atoms with E-state index in [2.05, 4.69) is 0 Å². The Balaban J connectivity index is 1.89. The number of nitrogens with zero attached hydrogens (tertiary/aromatic N) is 2. The standard InChI is InChI=1S/C26H30N2O6S/c1-19-6-13-23(14-7-19)35(30,31)28(21-9-11-22(32-3)12-10-21)18-26(29)27(2)17-20-8-15-24(33-4)25(16-20)34-5/h6-16H,17-18H2,1-5H3. The summed E-state index contributed by atoms with van der Waals surface area (Å²) in [7, 11) is 2.25. The number of amides is 1. The fraction of sp³-hybridized carbons (Fsp3) is 0.269. The summed E-state index contributed by atoms with van der Waals surface area (Å²) in [5.41, 5.74) is 2.11. The number of hydrogen-bond donors (Lipinski definition) is 0. The summed E-state index contributed by atoms with van der Waals surface area (Å²) >= 11 is 0. The Bertz CT molecular complexity index is 1260. The second-order valence-electron chi connectivity index (χ2n) is 7.96. The highest BCUT2D eigenvalue weighted by atomic mass is 32.2. The zero-order valence-electron chi connectivity index (χ0n) is 20.5. The number of carbonyl (C=O) groups excluding carboxylic acids is 1. The molecule has 0 unspecified atom stereocenters. The number of carbonyl (C=O) groups is 1. The third kappa shape index (κ3) is 6.05. The minimum absolute atomic E-state index is 0.106. The van der Waals surface area contributed by atoms with Crippen LogP contribution >= 0.6 is 0 Å². The van der Waals surface area contributed by atoms with Crippen LogP contribution in [0.4, 0.5) is 5.69 Å². The Labute approximate surface area is 206 Å². The van der Waals surface area contributed by atoms with Gasteiger partial charge in [-0.3, -0.25) is 9.10 Å². The van der Waals surface area contributed by atoms with Crippen LogP contribution in [0.2, 0.25) is 0 Å². The van der Waals surface area contributed by atoms with Gasteiger partial charge in [-0.15, -0.1) is 0 Å². The zero-order chi connectivity index (χ0) is 25.6. The highest BCUT2D eigenvalue weighted by molar-refractivity contribution is 7.92. The molecule has 0 radical (unpaired) electrons. The molecule has 0 heterocycles. The summed E-state index contributed by atoms with van der Waals surface area (Å²) in [6.45, 7) is 1.77. The van der Waals surface area contributed by atoms with Crippen LogP contribution in [0.3, 0.4) is 0 Å². The van der Waals surface area contributed by atoms with Gasteiger partial charge in [-0.2, -0.15) is 0 Å². The van der Waals surface area contributed by atoms with E-state index in [9.17, 15) is 13.2 Å². The number of methoxy groups -OCH3 is 3. The van der Waals surface area contributed by atoms with Gasteiger partial charge in [0.1, 0.15) is 12.3 Å². The smallest absolute Gasteiger partial charge is 0.264 e. The normalized spacial score (nSPS) is 11.0. The molecule has 0 atom stereocenters. The van der Waals surface area contributed by atoms with Crippen LogP contribution < -0.4 is 18.5 Å². The number of likely N-dealkylation sites (N-methyl/N-ethyl adjacent to an activating group) is 1. The molecule has 0 aliphatic heterocycles.